The number of nitrogens with two attached hydrogens (primary N) is 1. The number of hydrogen-bond acceptors (Lipinski definition) is 2. The van der Waals surface area contributed by atoms with Crippen molar-refractivity contribution in [2.75, 3.05) is 6.54 Å². The van der Waals surface area contributed by atoms with Crippen LogP contribution in [0.5, 0.6) is 0 Å². The van der Waals surface area contributed by atoms with E-state index >= 15 is 0 Å². The fourth-order valence-electron chi connectivity index (χ4n) is 2.42. The van der Waals surface area contributed by atoms with Gasteiger partial charge in [-0.2, -0.15) is 0 Å². The van der Waals surface area contributed by atoms with E-state index in [0.717, 1.165) is 23.4 Å². The summed E-state index contributed by atoms with van der Waals surface area (Å²) in [5.41, 5.74) is 5.97. The van der Waals surface area contributed by atoms with Crippen molar-refractivity contribution >= 4 is 23.4 Å². The molecule has 0 heterocycles. The highest BCUT2D eigenvalue weighted by Gasteiger charge is 2.45. The van der Waals surface area contributed by atoms with Gasteiger partial charge in [0.05, 0.1) is 5.02 Å². The summed E-state index contributed by atoms with van der Waals surface area (Å²) in [6.45, 7) is 5.34. The van der Waals surface area contributed by atoms with Gasteiger partial charge in [-0.3, -0.25) is 0 Å². The molecule has 1 saturated carbocycles. The summed E-state index contributed by atoms with van der Waals surface area (Å²) < 4.78 is 0.222. The van der Waals surface area contributed by atoms with Crippen LogP contribution in [0, 0.1) is 11.8 Å². The molecule has 0 saturated heterocycles. The molecule has 1 nitrogen and oxygen atoms in total. The Bertz CT molecular complexity index is 386. The molecule has 0 atom stereocenters. The average Bonchev–Trinajstić information content (AvgIpc) is 2.25. The molecule has 0 bridgehead atoms. The minimum Gasteiger partial charge on any atom is -0.329 e. The molecule has 0 unspecified atom stereocenters. The predicted octanol–water partition coefficient (Wildman–Crippen LogP) is 4.20. The van der Waals surface area contributed by atoms with Crippen molar-refractivity contribution in [3.05, 3.63) is 29.3 Å². The topological polar surface area (TPSA) is 26.0 Å². The highest BCUT2D eigenvalue weighted by molar-refractivity contribution is 8.00. The second-order valence-corrected chi connectivity index (χ2v) is 7.25. The first-order valence-corrected chi connectivity index (χ1v) is 7.39. The third kappa shape index (κ3) is 2.81. The molecule has 1 aromatic carbocycles. The summed E-state index contributed by atoms with van der Waals surface area (Å²) in [6, 6.07) is 8.05. The summed E-state index contributed by atoms with van der Waals surface area (Å²) >= 11 is 8.07. The van der Waals surface area contributed by atoms with Gasteiger partial charge in [0.2, 0.25) is 0 Å². The van der Waals surface area contributed by atoms with Gasteiger partial charge in [-0.1, -0.05) is 37.6 Å². The second-order valence-electron chi connectivity index (χ2n) is 5.33. The summed E-state index contributed by atoms with van der Waals surface area (Å²) in [7, 11) is 0. The molecule has 0 spiro atoms. The molecular formula is C14H20ClNS. The highest BCUT2D eigenvalue weighted by Crippen LogP contribution is 2.53. The molecule has 2 rings (SSSR count). The summed E-state index contributed by atoms with van der Waals surface area (Å²) in [5, 5.41) is 0.846. The van der Waals surface area contributed by atoms with Gasteiger partial charge in [0.15, 0.2) is 0 Å². The Kier molecular flexibility index (Phi) is 4.06. The molecule has 0 amide bonds. The molecule has 1 aliphatic rings. The average molecular weight is 270 g/mol. The Morgan fingerprint density at radius 3 is 2.59 bits per heavy atom. The molecule has 3 heteroatoms. The Morgan fingerprint density at radius 1 is 1.41 bits per heavy atom. The van der Waals surface area contributed by atoms with Crippen molar-refractivity contribution in [2.24, 2.45) is 17.6 Å². The minimum absolute atomic E-state index is 0.222. The van der Waals surface area contributed by atoms with Gasteiger partial charge in [-0.05, 0) is 36.8 Å². The van der Waals surface area contributed by atoms with Crippen LogP contribution in [0.1, 0.15) is 26.7 Å². The first kappa shape index (κ1) is 13.3. The molecule has 94 valence electrons. The first-order chi connectivity index (χ1) is 8.06. The second kappa shape index (κ2) is 5.21. The van der Waals surface area contributed by atoms with E-state index in [1.807, 2.05) is 30.0 Å². The molecule has 0 aliphatic heterocycles. The molecule has 0 radical (unpaired) electrons. The van der Waals surface area contributed by atoms with Crippen molar-refractivity contribution in [1.29, 1.82) is 0 Å². The summed E-state index contributed by atoms with van der Waals surface area (Å²) in [6.07, 6.45) is 2.44. The van der Waals surface area contributed by atoms with Gasteiger partial charge in [0, 0.05) is 16.2 Å². The van der Waals surface area contributed by atoms with Crippen LogP contribution >= 0.6 is 23.4 Å². The van der Waals surface area contributed by atoms with E-state index < -0.39 is 0 Å². The summed E-state index contributed by atoms with van der Waals surface area (Å²) in [5.74, 6) is 1.59. The lowest BCUT2D eigenvalue weighted by molar-refractivity contribution is 0.176. The van der Waals surface area contributed by atoms with E-state index in [1.165, 1.54) is 17.7 Å². The molecule has 1 aliphatic carbocycles. The van der Waals surface area contributed by atoms with Crippen molar-refractivity contribution in [2.45, 2.75) is 36.3 Å². The minimum atomic E-state index is 0.222. The molecule has 0 aromatic heterocycles. The SMILES string of the molecule is CC(C)C1CC(CN)(Sc2ccccc2Cl)C1. The van der Waals surface area contributed by atoms with Gasteiger partial charge in [0.1, 0.15) is 0 Å². The number of rotatable bonds is 4. The van der Waals surface area contributed by atoms with Crippen LogP contribution in [-0.4, -0.2) is 11.3 Å². The van der Waals surface area contributed by atoms with Crippen molar-refractivity contribution in [3.63, 3.8) is 0 Å². The van der Waals surface area contributed by atoms with Crippen molar-refractivity contribution < 1.29 is 0 Å². The van der Waals surface area contributed by atoms with Gasteiger partial charge in [0.25, 0.3) is 0 Å². The van der Waals surface area contributed by atoms with Crippen LogP contribution in [0.15, 0.2) is 29.2 Å². The van der Waals surface area contributed by atoms with Crippen molar-refractivity contribution in [3.8, 4) is 0 Å². The molecule has 2 N–H and O–H groups in total. The lowest BCUT2D eigenvalue weighted by atomic mass is 9.69. The number of halogens is 1. The van der Waals surface area contributed by atoms with E-state index in [4.69, 9.17) is 17.3 Å². The lowest BCUT2D eigenvalue weighted by Gasteiger charge is -2.48. The zero-order chi connectivity index (χ0) is 12.5. The number of hydrogen-bond donors (Lipinski definition) is 1. The van der Waals surface area contributed by atoms with E-state index in [2.05, 4.69) is 19.9 Å². The third-order valence-electron chi connectivity index (χ3n) is 3.75. The largest absolute Gasteiger partial charge is 0.329 e. The van der Waals surface area contributed by atoms with Gasteiger partial charge < -0.3 is 5.73 Å². The Labute approximate surface area is 113 Å². The van der Waals surface area contributed by atoms with E-state index in [9.17, 15) is 0 Å². The quantitative estimate of drug-likeness (QED) is 0.887. The zero-order valence-corrected chi connectivity index (χ0v) is 12.0. The van der Waals surface area contributed by atoms with Gasteiger partial charge in [-0.15, -0.1) is 11.8 Å². The van der Waals surface area contributed by atoms with Crippen LogP contribution in [-0.2, 0) is 0 Å². The molecular weight excluding hydrogens is 250 g/mol. The van der Waals surface area contributed by atoms with Crippen LogP contribution < -0.4 is 5.73 Å². The Balaban J connectivity index is 2.05. The van der Waals surface area contributed by atoms with Crippen LogP contribution in [0.2, 0.25) is 5.02 Å². The standard InChI is InChI=1S/C14H20ClNS/c1-10(2)11-7-14(8-11,9-16)17-13-6-4-3-5-12(13)15/h3-6,10-11H,7-9,16H2,1-2H3. The Morgan fingerprint density at radius 2 is 2.06 bits per heavy atom. The molecule has 1 fully saturated rings. The fraction of sp³-hybridized carbons (Fsp3) is 0.571. The first-order valence-electron chi connectivity index (χ1n) is 6.20. The third-order valence-corrected chi connectivity index (χ3v) is 5.70. The maximum atomic E-state index is 6.21. The maximum Gasteiger partial charge on any atom is 0.0542 e. The van der Waals surface area contributed by atoms with Crippen LogP contribution in [0.3, 0.4) is 0 Å². The predicted molar refractivity (Wildman–Crippen MR) is 76.7 cm³/mol. The normalized spacial score (nSPS) is 28.2. The van der Waals surface area contributed by atoms with E-state index in [0.29, 0.717) is 0 Å². The summed E-state index contributed by atoms with van der Waals surface area (Å²) in [4.78, 5) is 1.17. The number of benzene rings is 1. The van der Waals surface area contributed by atoms with Gasteiger partial charge >= 0.3 is 0 Å². The maximum absolute atomic E-state index is 6.21. The van der Waals surface area contributed by atoms with E-state index in [1.54, 1.807) is 0 Å². The fourth-order valence-corrected chi connectivity index (χ4v) is 4.13. The van der Waals surface area contributed by atoms with Crippen molar-refractivity contribution in [1.82, 2.24) is 0 Å². The highest BCUT2D eigenvalue weighted by atomic mass is 35.5. The monoisotopic (exact) mass is 269 g/mol. The molecule has 1 aromatic rings. The number of thioether (sulfide) groups is 1. The van der Waals surface area contributed by atoms with E-state index in [-0.39, 0.29) is 4.75 Å². The van der Waals surface area contributed by atoms with Crippen LogP contribution in [0.25, 0.3) is 0 Å². The Hall–Kier alpha value is -0.180. The smallest absolute Gasteiger partial charge is 0.0542 e. The molecule has 17 heavy (non-hydrogen) atoms. The van der Waals surface area contributed by atoms with Crippen LogP contribution in [0.4, 0.5) is 0 Å². The van der Waals surface area contributed by atoms with Gasteiger partial charge in [-0.25, -0.2) is 0 Å². The lowest BCUT2D eigenvalue weighted by Crippen LogP contribution is -2.48. The zero-order valence-electron chi connectivity index (χ0n) is 10.4.